The van der Waals surface area contributed by atoms with Crippen LogP contribution in [0.1, 0.15) is 26.8 Å². The van der Waals surface area contributed by atoms with Gasteiger partial charge in [0.25, 0.3) is 5.91 Å². The average molecular weight is 386 g/mol. The Morgan fingerprint density at radius 1 is 1.23 bits per heavy atom. The molecule has 1 aromatic carbocycles. The van der Waals surface area contributed by atoms with Crippen molar-refractivity contribution in [1.82, 2.24) is 10.2 Å². The molecule has 1 heterocycles. The number of carbonyl (C=O) groups excluding carboxylic acids is 1. The zero-order chi connectivity index (χ0) is 19.2. The molecule has 2 aromatic rings. The molecule has 0 bridgehead atoms. The number of thiophene rings is 1. The molecule has 8 heteroatoms. The van der Waals surface area contributed by atoms with Crippen LogP contribution in [0.4, 0.5) is 13.2 Å². The second-order valence-corrected chi connectivity index (χ2v) is 6.99. The molecule has 26 heavy (non-hydrogen) atoms. The number of hydrogen-bond donors (Lipinski definition) is 1. The minimum absolute atomic E-state index is 0.0778. The molecule has 1 unspecified atom stereocenters. The summed E-state index contributed by atoms with van der Waals surface area (Å²) in [5, 5.41) is 4.89. The molecule has 1 N–H and O–H groups in total. The van der Waals surface area contributed by atoms with Crippen LogP contribution in [-0.2, 0) is 11.3 Å². The van der Waals surface area contributed by atoms with Gasteiger partial charge in [-0.15, -0.1) is 11.3 Å². The van der Waals surface area contributed by atoms with E-state index < -0.39 is 12.8 Å². The molecule has 0 fully saturated rings. The van der Waals surface area contributed by atoms with E-state index in [1.165, 1.54) is 0 Å². The van der Waals surface area contributed by atoms with Gasteiger partial charge in [-0.1, -0.05) is 18.2 Å². The van der Waals surface area contributed by atoms with Gasteiger partial charge in [0.05, 0.1) is 12.6 Å². The van der Waals surface area contributed by atoms with Gasteiger partial charge in [-0.2, -0.15) is 13.2 Å². The fourth-order valence-corrected chi connectivity index (χ4v) is 3.27. The summed E-state index contributed by atoms with van der Waals surface area (Å²) in [6.07, 6.45) is -4.34. The number of nitrogens with zero attached hydrogens (tertiary/aromatic N) is 1. The molecule has 0 aliphatic heterocycles. The highest BCUT2D eigenvalue weighted by Gasteiger charge is 2.27. The van der Waals surface area contributed by atoms with Crippen molar-refractivity contribution in [2.75, 3.05) is 27.2 Å². The number of ether oxygens (including phenoxy) is 1. The molecule has 0 radical (unpaired) electrons. The number of amides is 1. The normalized spacial score (nSPS) is 13.0. The summed E-state index contributed by atoms with van der Waals surface area (Å²) in [5.74, 6) is -0.226. The molecule has 2 rings (SSSR count). The smallest absolute Gasteiger partial charge is 0.367 e. The number of hydrogen-bond acceptors (Lipinski definition) is 4. The van der Waals surface area contributed by atoms with Gasteiger partial charge in [0.15, 0.2) is 0 Å². The third-order valence-electron chi connectivity index (χ3n) is 3.70. The van der Waals surface area contributed by atoms with Gasteiger partial charge in [0.2, 0.25) is 0 Å². The molecular formula is C18H21F3N2O2S. The summed E-state index contributed by atoms with van der Waals surface area (Å²) in [6.45, 7) is -0.977. The second-order valence-electron chi connectivity index (χ2n) is 6.01. The van der Waals surface area contributed by atoms with Crippen LogP contribution in [-0.4, -0.2) is 44.2 Å². The fourth-order valence-electron chi connectivity index (χ4n) is 2.35. The number of rotatable bonds is 8. The Labute approximate surface area is 154 Å². The van der Waals surface area contributed by atoms with E-state index >= 15 is 0 Å². The van der Waals surface area contributed by atoms with Crippen LogP contribution in [0.5, 0.6) is 0 Å². The van der Waals surface area contributed by atoms with E-state index in [2.05, 4.69) is 10.1 Å². The first-order valence-electron chi connectivity index (χ1n) is 7.98. The van der Waals surface area contributed by atoms with Crippen molar-refractivity contribution in [1.29, 1.82) is 0 Å². The van der Waals surface area contributed by atoms with E-state index in [9.17, 15) is 18.0 Å². The van der Waals surface area contributed by atoms with Gasteiger partial charge >= 0.3 is 6.18 Å². The van der Waals surface area contributed by atoms with E-state index in [0.717, 1.165) is 4.88 Å². The lowest BCUT2D eigenvalue weighted by Crippen LogP contribution is -2.34. The van der Waals surface area contributed by atoms with Crippen LogP contribution in [0.25, 0.3) is 0 Å². The lowest BCUT2D eigenvalue weighted by molar-refractivity contribution is -0.176. The number of likely N-dealkylation sites (N-methyl/N-ethyl adjacent to an activating group) is 1. The number of alkyl halides is 3. The molecule has 0 saturated carbocycles. The third-order valence-corrected chi connectivity index (χ3v) is 4.68. The summed E-state index contributed by atoms with van der Waals surface area (Å²) < 4.78 is 40.8. The predicted molar refractivity (Wildman–Crippen MR) is 95.2 cm³/mol. The van der Waals surface area contributed by atoms with Crippen molar-refractivity contribution in [3.63, 3.8) is 0 Å². The van der Waals surface area contributed by atoms with Crippen molar-refractivity contribution < 1.29 is 22.7 Å². The standard InChI is InChI=1S/C18H21F3N2O2S/c1-23(2)15(16-4-3-9-26-16)10-22-17(24)14-7-5-13(6-8-14)11-25-12-18(19,20)21/h3-9,15H,10-12H2,1-2H3,(H,22,24). The van der Waals surface area contributed by atoms with Crippen LogP contribution >= 0.6 is 11.3 Å². The molecule has 1 aromatic heterocycles. The van der Waals surface area contributed by atoms with Gasteiger partial charge in [-0.05, 0) is 43.2 Å². The highest BCUT2D eigenvalue weighted by molar-refractivity contribution is 7.10. The number of benzene rings is 1. The Kier molecular flexibility index (Phi) is 7.19. The van der Waals surface area contributed by atoms with Crippen molar-refractivity contribution in [3.8, 4) is 0 Å². The minimum atomic E-state index is -4.34. The first kappa shape index (κ1) is 20.4. The van der Waals surface area contributed by atoms with Crippen LogP contribution in [0.15, 0.2) is 41.8 Å². The average Bonchev–Trinajstić information content (AvgIpc) is 3.08. The fraction of sp³-hybridized carbons (Fsp3) is 0.389. The van der Waals surface area contributed by atoms with Gasteiger partial charge in [0, 0.05) is 17.0 Å². The maximum Gasteiger partial charge on any atom is 0.411 e. The summed E-state index contributed by atoms with van der Waals surface area (Å²) in [7, 11) is 3.90. The second kappa shape index (κ2) is 9.16. The summed E-state index contributed by atoms with van der Waals surface area (Å²) in [4.78, 5) is 15.5. The van der Waals surface area contributed by atoms with E-state index in [1.807, 2.05) is 36.5 Å². The lowest BCUT2D eigenvalue weighted by atomic mass is 10.1. The Hall–Kier alpha value is -1.90. The van der Waals surface area contributed by atoms with Gasteiger partial charge < -0.3 is 15.0 Å². The molecule has 0 aliphatic carbocycles. The largest absolute Gasteiger partial charge is 0.411 e. The first-order valence-corrected chi connectivity index (χ1v) is 8.85. The van der Waals surface area contributed by atoms with Gasteiger partial charge in [0.1, 0.15) is 6.61 Å². The van der Waals surface area contributed by atoms with E-state index in [1.54, 1.807) is 35.6 Å². The van der Waals surface area contributed by atoms with Crippen LogP contribution in [0.2, 0.25) is 0 Å². The minimum Gasteiger partial charge on any atom is -0.367 e. The summed E-state index contributed by atoms with van der Waals surface area (Å²) >= 11 is 1.63. The molecule has 1 amide bonds. The topological polar surface area (TPSA) is 41.6 Å². The quantitative estimate of drug-likeness (QED) is 0.749. The number of carbonyl (C=O) groups is 1. The highest BCUT2D eigenvalue weighted by Crippen LogP contribution is 2.22. The Morgan fingerprint density at radius 3 is 2.46 bits per heavy atom. The van der Waals surface area contributed by atoms with Crippen LogP contribution in [0, 0.1) is 0 Å². The molecule has 0 spiro atoms. The molecule has 0 saturated heterocycles. The molecule has 0 aliphatic rings. The SMILES string of the molecule is CN(C)C(CNC(=O)c1ccc(COCC(F)(F)F)cc1)c1cccs1. The summed E-state index contributed by atoms with van der Waals surface area (Å²) in [6, 6.07) is 10.4. The highest BCUT2D eigenvalue weighted by atomic mass is 32.1. The lowest BCUT2D eigenvalue weighted by Gasteiger charge is -2.23. The maximum absolute atomic E-state index is 12.3. The number of nitrogens with one attached hydrogen (secondary N) is 1. The number of halogens is 3. The third kappa shape index (κ3) is 6.44. The first-order chi connectivity index (χ1) is 12.3. The van der Waals surface area contributed by atoms with Gasteiger partial charge in [-0.25, -0.2) is 0 Å². The van der Waals surface area contributed by atoms with Crippen molar-refractivity contribution in [2.45, 2.75) is 18.8 Å². The van der Waals surface area contributed by atoms with E-state index in [0.29, 0.717) is 17.7 Å². The Balaban J connectivity index is 1.87. The maximum atomic E-state index is 12.3. The van der Waals surface area contributed by atoms with Crippen LogP contribution < -0.4 is 5.32 Å². The zero-order valence-corrected chi connectivity index (χ0v) is 15.4. The van der Waals surface area contributed by atoms with Crippen molar-refractivity contribution in [3.05, 3.63) is 57.8 Å². The Bertz CT molecular complexity index is 685. The van der Waals surface area contributed by atoms with E-state index in [-0.39, 0.29) is 18.6 Å². The molecule has 1 atom stereocenters. The van der Waals surface area contributed by atoms with Crippen molar-refractivity contribution >= 4 is 17.2 Å². The molecular weight excluding hydrogens is 365 g/mol. The monoisotopic (exact) mass is 386 g/mol. The van der Waals surface area contributed by atoms with Gasteiger partial charge in [-0.3, -0.25) is 4.79 Å². The van der Waals surface area contributed by atoms with E-state index in [4.69, 9.17) is 0 Å². The molecule has 142 valence electrons. The van der Waals surface area contributed by atoms with Crippen LogP contribution in [0.3, 0.4) is 0 Å². The van der Waals surface area contributed by atoms with Crippen molar-refractivity contribution in [2.24, 2.45) is 0 Å². The molecule has 4 nitrogen and oxygen atoms in total. The summed E-state index contributed by atoms with van der Waals surface area (Å²) in [5.41, 5.74) is 1.03. The Morgan fingerprint density at radius 2 is 1.92 bits per heavy atom. The predicted octanol–water partition coefficient (Wildman–Crippen LogP) is 3.86. The zero-order valence-electron chi connectivity index (χ0n) is 14.5.